The van der Waals surface area contributed by atoms with E-state index in [2.05, 4.69) is 16.9 Å². The molecule has 1 aromatic heterocycles. The Hall–Kier alpha value is -1.36. The molecule has 1 atom stereocenters. The van der Waals surface area contributed by atoms with Crippen LogP contribution >= 0.6 is 0 Å². The molecule has 0 amide bonds. The van der Waals surface area contributed by atoms with Crippen molar-refractivity contribution >= 4 is 5.95 Å². The van der Waals surface area contributed by atoms with Gasteiger partial charge < -0.3 is 15.2 Å². The molecule has 1 aromatic rings. The Morgan fingerprint density at radius 2 is 2.05 bits per heavy atom. The van der Waals surface area contributed by atoms with Crippen molar-refractivity contribution in [2.75, 3.05) is 18.9 Å². The molecule has 1 saturated heterocycles. The predicted molar refractivity (Wildman–Crippen MR) is 76.7 cm³/mol. The first-order chi connectivity index (χ1) is 9.72. The van der Waals surface area contributed by atoms with E-state index in [0.717, 1.165) is 24.5 Å². The van der Waals surface area contributed by atoms with E-state index < -0.39 is 0 Å². The Kier molecular flexibility index (Phi) is 4.05. The summed E-state index contributed by atoms with van der Waals surface area (Å²) in [5.41, 5.74) is 6.84. The molecule has 0 spiro atoms. The number of hydrogen-bond acceptors (Lipinski definition) is 5. The van der Waals surface area contributed by atoms with Crippen LogP contribution in [0.15, 0.2) is 6.20 Å². The van der Waals surface area contributed by atoms with Gasteiger partial charge in [0.2, 0.25) is 11.8 Å². The third-order valence-electron chi connectivity index (χ3n) is 4.42. The van der Waals surface area contributed by atoms with Crippen LogP contribution in [0, 0.1) is 5.92 Å². The average molecular weight is 277 g/mol. The molecule has 0 unspecified atom stereocenters. The fourth-order valence-corrected chi connectivity index (χ4v) is 3.10. The number of nitrogens with zero attached hydrogens (tertiary/aromatic N) is 2. The zero-order valence-corrected chi connectivity index (χ0v) is 12.0. The highest BCUT2D eigenvalue weighted by Gasteiger charge is 2.26. The zero-order valence-electron chi connectivity index (χ0n) is 12.0. The lowest BCUT2D eigenvalue weighted by atomic mass is 9.80. The Morgan fingerprint density at radius 3 is 2.75 bits per heavy atom. The molecule has 5 heteroatoms. The van der Waals surface area contributed by atoms with E-state index in [0.29, 0.717) is 18.4 Å². The summed E-state index contributed by atoms with van der Waals surface area (Å²) >= 11 is 0. The van der Waals surface area contributed by atoms with Gasteiger partial charge in [-0.25, -0.2) is 4.98 Å². The second kappa shape index (κ2) is 5.95. The number of nitrogen functional groups attached to an aromatic ring is 1. The van der Waals surface area contributed by atoms with Crippen LogP contribution in [-0.2, 0) is 4.74 Å². The van der Waals surface area contributed by atoms with E-state index in [1.54, 1.807) is 0 Å². The SMILES string of the molecule is C[C@H]1CC[C@H](c2cnc(N)nc2O[C@@H]2CCOC2)CC1. The summed E-state index contributed by atoms with van der Waals surface area (Å²) in [5.74, 6) is 2.29. The molecule has 0 aromatic carbocycles. The third-order valence-corrected chi connectivity index (χ3v) is 4.42. The van der Waals surface area contributed by atoms with Crippen LogP contribution in [0.4, 0.5) is 5.95 Å². The van der Waals surface area contributed by atoms with Crippen molar-refractivity contribution in [2.24, 2.45) is 5.92 Å². The summed E-state index contributed by atoms with van der Waals surface area (Å²) in [7, 11) is 0. The Bertz CT molecular complexity index is 452. The molecular weight excluding hydrogens is 254 g/mol. The molecule has 3 rings (SSSR count). The molecule has 5 nitrogen and oxygen atoms in total. The van der Waals surface area contributed by atoms with Crippen molar-refractivity contribution in [1.29, 1.82) is 0 Å². The van der Waals surface area contributed by atoms with Gasteiger partial charge in [-0.1, -0.05) is 19.8 Å². The number of anilines is 1. The summed E-state index contributed by atoms with van der Waals surface area (Å²) in [5, 5.41) is 0. The van der Waals surface area contributed by atoms with Gasteiger partial charge in [0.1, 0.15) is 6.10 Å². The second-order valence-electron chi connectivity index (χ2n) is 6.05. The van der Waals surface area contributed by atoms with Gasteiger partial charge in [0.25, 0.3) is 0 Å². The Balaban J connectivity index is 1.78. The zero-order chi connectivity index (χ0) is 13.9. The second-order valence-corrected chi connectivity index (χ2v) is 6.05. The molecule has 2 fully saturated rings. The predicted octanol–water partition coefficient (Wildman–Crippen LogP) is 2.52. The van der Waals surface area contributed by atoms with Gasteiger partial charge in [0.15, 0.2) is 0 Å². The number of nitrogens with two attached hydrogens (primary N) is 1. The quantitative estimate of drug-likeness (QED) is 0.919. The maximum Gasteiger partial charge on any atom is 0.223 e. The summed E-state index contributed by atoms with van der Waals surface area (Å²) in [6, 6.07) is 0. The standard InChI is InChI=1S/C15H23N3O2/c1-10-2-4-11(5-3-10)13-8-17-15(16)18-14(13)20-12-6-7-19-9-12/h8,10-12H,2-7,9H2,1H3,(H2,16,17,18)/t10-,11-,12-/m1/s1. The van der Waals surface area contributed by atoms with E-state index in [9.17, 15) is 0 Å². The van der Waals surface area contributed by atoms with Gasteiger partial charge in [-0.15, -0.1) is 0 Å². The summed E-state index contributed by atoms with van der Waals surface area (Å²) in [6.07, 6.45) is 7.78. The van der Waals surface area contributed by atoms with Crippen LogP contribution in [0.25, 0.3) is 0 Å². The van der Waals surface area contributed by atoms with Crippen LogP contribution in [-0.4, -0.2) is 29.3 Å². The summed E-state index contributed by atoms with van der Waals surface area (Å²) < 4.78 is 11.4. The van der Waals surface area contributed by atoms with Crippen molar-refractivity contribution in [3.8, 4) is 5.88 Å². The van der Waals surface area contributed by atoms with Crippen LogP contribution in [0.2, 0.25) is 0 Å². The van der Waals surface area contributed by atoms with Gasteiger partial charge in [-0.05, 0) is 24.7 Å². The van der Waals surface area contributed by atoms with E-state index in [4.69, 9.17) is 15.2 Å². The molecule has 2 heterocycles. The third kappa shape index (κ3) is 3.03. The highest BCUT2D eigenvalue weighted by atomic mass is 16.5. The maximum atomic E-state index is 6.01. The van der Waals surface area contributed by atoms with Gasteiger partial charge in [-0.2, -0.15) is 4.98 Å². The fourth-order valence-electron chi connectivity index (χ4n) is 3.10. The number of rotatable bonds is 3. The molecule has 0 radical (unpaired) electrons. The van der Waals surface area contributed by atoms with E-state index in [1.807, 2.05) is 6.20 Å². The smallest absolute Gasteiger partial charge is 0.223 e. The van der Waals surface area contributed by atoms with Gasteiger partial charge in [0.05, 0.1) is 13.2 Å². The highest BCUT2D eigenvalue weighted by molar-refractivity contribution is 5.33. The van der Waals surface area contributed by atoms with Crippen molar-refractivity contribution in [3.63, 3.8) is 0 Å². The lowest BCUT2D eigenvalue weighted by Gasteiger charge is -2.27. The lowest BCUT2D eigenvalue weighted by Crippen LogP contribution is -2.20. The number of hydrogen-bond donors (Lipinski definition) is 1. The van der Waals surface area contributed by atoms with Crippen LogP contribution in [0.1, 0.15) is 50.5 Å². The normalized spacial score (nSPS) is 30.4. The molecule has 110 valence electrons. The maximum absolute atomic E-state index is 6.01. The molecule has 20 heavy (non-hydrogen) atoms. The summed E-state index contributed by atoms with van der Waals surface area (Å²) in [6.45, 7) is 3.73. The minimum Gasteiger partial charge on any atom is -0.471 e. The minimum atomic E-state index is 0.102. The Labute approximate surface area is 119 Å². The van der Waals surface area contributed by atoms with Crippen LogP contribution in [0.3, 0.4) is 0 Å². The molecule has 2 N–H and O–H groups in total. The number of ether oxygens (including phenoxy) is 2. The topological polar surface area (TPSA) is 70.3 Å². The van der Waals surface area contributed by atoms with Crippen LogP contribution in [0.5, 0.6) is 5.88 Å². The molecule has 2 aliphatic rings. The van der Waals surface area contributed by atoms with Gasteiger partial charge in [0, 0.05) is 18.2 Å². The molecule has 1 saturated carbocycles. The first-order valence-corrected chi connectivity index (χ1v) is 7.59. The molecule has 1 aliphatic heterocycles. The lowest BCUT2D eigenvalue weighted by molar-refractivity contribution is 0.136. The van der Waals surface area contributed by atoms with E-state index >= 15 is 0 Å². The van der Waals surface area contributed by atoms with Crippen LogP contribution < -0.4 is 10.5 Å². The first kappa shape index (κ1) is 13.6. The summed E-state index contributed by atoms with van der Waals surface area (Å²) in [4.78, 5) is 8.48. The average Bonchev–Trinajstić information content (AvgIpc) is 2.93. The molecule has 0 bridgehead atoms. The minimum absolute atomic E-state index is 0.102. The highest BCUT2D eigenvalue weighted by Crippen LogP contribution is 2.39. The number of aromatic nitrogens is 2. The van der Waals surface area contributed by atoms with E-state index in [-0.39, 0.29) is 12.1 Å². The van der Waals surface area contributed by atoms with Crippen molar-refractivity contribution < 1.29 is 9.47 Å². The van der Waals surface area contributed by atoms with E-state index in [1.165, 1.54) is 25.7 Å². The monoisotopic (exact) mass is 277 g/mol. The first-order valence-electron chi connectivity index (χ1n) is 7.59. The van der Waals surface area contributed by atoms with Crippen molar-refractivity contribution in [2.45, 2.75) is 51.0 Å². The largest absolute Gasteiger partial charge is 0.471 e. The molecular formula is C15H23N3O2. The molecule has 1 aliphatic carbocycles. The fraction of sp³-hybridized carbons (Fsp3) is 0.733. The Morgan fingerprint density at radius 1 is 1.25 bits per heavy atom. The van der Waals surface area contributed by atoms with Crippen molar-refractivity contribution in [1.82, 2.24) is 9.97 Å². The van der Waals surface area contributed by atoms with Gasteiger partial charge in [-0.3, -0.25) is 0 Å². The van der Waals surface area contributed by atoms with Gasteiger partial charge >= 0.3 is 0 Å². The van der Waals surface area contributed by atoms with Crippen molar-refractivity contribution in [3.05, 3.63) is 11.8 Å².